The number of sulfone groups is 1. The van der Waals surface area contributed by atoms with E-state index < -0.39 is 24.7 Å². The topological polar surface area (TPSA) is 77.5 Å². The Morgan fingerprint density at radius 3 is 2.36 bits per heavy atom. The largest absolute Gasteiger partial charge is 0.455 e. The van der Waals surface area contributed by atoms with Crippen molar-refractivity contribution >= 4 is 29.6 Å². The van der Waals surface area contributed by atoms with E-state index in [0.29, 0.717) is 0 Å². The molecule has 22 heavy (non-hydrogen) atoms. The van der Waals surface area contributed by atoms with E-state index >= 15 is 0 Å². The molecular formula is C13H8ClFO5S2. The maximum Gasteiger partial charge on any atom is 0.261 e. The molecule has 1 aliphatic rings. The van der Waals surface area contributed by atoms with Crippen molar-refractivity contribution in [3.05, 3.63) is 41.7 Å². The number of aryl methyl sites for hydroxylation is 1. The molecule has 3 rings (SSSR count). The molecule has 0 N–H and O–H groups in total. The summed E-state index contributed by atoms with van der Waals surface area (Å²) in [6.45, 7) is 1.46. The predicted octanol–water partition coefficient (Wildman–Crippen LogP) is 3.00. The van der Waals surface area contributed by atoms with Gasteiger partial charge in [0.05, 0.1) is 4.90 Å². The van der Waals surface area contributed by atoms with Crippen LogP contribution in [0.1, 0.15) is 5.56 Å². The zero-order valence-electron chi connectivity index (χ0n) is 11.0. The van der Waals surface area contributed by atoms with E-state index in [1.165, 1.54) is 19.1 Å². The van der Waals surface area contributed by atoms with Crippen LogP contribution in [0.5, 0.6) is 11.5 Å². The van der Waals surface area contributed by atoms with Gasteiger partial charge in [-0.25, -0.2) is 21.2 Å². The van der Waals surface area contributed by atoms with Crippen molar-refractivity contribution in [2.45, 2.75) is 21.6 Å². The van der Waals surface area contributed by atoms with Gasteiger partial charge in [-0.1, -0.05) is 0 Å². The molecule has 0 aliphatic carbocycles. The Labute approximate surface area is 130 Å². The zero-order valence-corrected chi connectivity index (χ0v) is 13.4. The van der Waals surface area contributed by atoms with Gasteiger partial charge in [0, 0.05) is 10.7 Å². The predicted molar refractivity (Wildman–Crippen MR) is 76.1 cm³/mol. The van der Waals surface area contributed by atoms with Gasteiger partial charge in [-0.15, -0.1) is 0 Å². The average Bonchev–Trinajstić information content (AvgIpc) is 2.38. The van der Waals surface area contributed by atoms with Crippen LogP contribution in [-0.2, 0) is 18.9 Å². The van der Waals surface area contributed by atoms with E-state index in [2.05, 4.69) is 0 Å². The molecule has 0 bridgehead atoms. The minimum Gasteiger partial charge on any atom is -0.455 e. The summed E-state index contributed by atoms with van der Waals surface area (Å²) in [6, 6.07) is 5.30. The summed E-state index contributed by atoms with van der Waals surface area (Å²) in [5, 5.41) is 0. The van der Waals surface area contributed by atoms with Gasteiger partial charge in [0.25, 0.3) is 9.05 Å². The van der Waals surface area contributed by atoms with Crippen LogP contribution < -0.4 is 4.74 Å². The third kappa shape index (κ3) is 2.27. The second kappa shape index (κ2) is 4.68. The first-order valence-electron chi connectivity index (χ1n) is 5.92. The van der Waals surface area contributed by atoms with Crippen LogP contribution in [0.15, 0.2) is 45.0 Å². The van der Waals surface area contributed by atoms with E-state index in [1.54, 1.807) is 0 Å². The van der Waals surface area contributed by atoms with Crippen molar-refractivity contribution < 1.29 is 26.0 Å². The third-order valence-corrected chi connectivity index (χ3v) is 6.47. The molecule has 1 aliphatic heterocycles. The minimum absolute atomic E-state index is 0.0187. The standard InChI is InChI=1S/C13H8ClFO5S2/c1-7-4-10-13(6-11(7)22(14,18)19)21(16,17)12-5-8(15)2-3-9(12)20-10/h2-6H,1H3. The van der Waals surface area contributed by atoms with E-state index in [-0.39, 0.29) is 31.7 Å². The lowest BCUT2D eigenvalue weighted by molar-refractivity contribution is 0.438. The van der Waals surface area contributed by atoms with Crippen LogP contribution in [0, 0.1) is 12.7 Å². The fraction of sp³-hybridized carbons (Fsp3) is 0.0769. The van der Waals surface area contributed by atoms with Crippen molar-refractivity contribution in [3.8, 4) is 11.5 Å². The molecule has 0 fully saturated rings. The molecule has 0 saturated carbocycles. The van der Waals surface area contributed by atoms with Crippen LogP contribution >= 0.6 is 10.7 Å². The summed E-state index contributed by atoms with van der Waals surface area (Å²) < 4.78 is 66.9. The number of hydrogen-bond acceptors (Lipinski definition) is 5. The zero-order chi connectivity index (χ0) is 16.3. The number of ether oxygens (including phenoxy) is 1. The van der Waals surface area contributed by atoms with Crippen molar-refractivity contribution in [1.29, 1.82) is 0 Å². The first-order chi connectivity index (χ1) is 10.1. The highest BCUT2D eigenvalue weighted by molar-refractivity contribution is 8.13. The van der Waals surface area contributed by atoms with Crippen molar-refractivity contribution in [2.24, 2.45) is 0 Å². The van der Waals surface area contributed by atoms with Crippen LogP contribution in [0.25, 0.3) is 0 Å². The fourth-order valence-corrected chi connectivity index (χ4v) is 5.00. The lowest BCUT2D eigenvalue weighted by Crippen LogP contribution is -2.13. The maximum absolute atomic E-state index is 13.3. The van der Waals surface area contributed by atoms with Gasteiger partial charge < -0.3 is 4.74 Å². The van der Waals surface area contributed by atoms with Crippen LogP contribution in [0.3, 0.4) is 0 Å². The smallest absolute Gasteiger partial charge is 0.261 e. The molecule has 0 atom stereocenters. The Balaban J connectivity index is 2.35. The van der Waals surface area contributed by atoms with E-state index in [0.717, 1.165) is 18.2 Å². The summed E-state index contributed by atoms with van der Waals surface area (Å²) >= 11 is 0. The molecule has 0 spiro atoms. The Morgan fingerprint density at radius 1 is 1.09 bits per heavy atom. The number of fused-ring (bicyclic) bond motifs is 2. The van der Waals surface area contributed by atoms with Gasteiger partial charge in [-0.3, -0.25) is 0 Å². The number of benzene rings is 2. The van der Waals surface area contributed by atoms with Crippen molar-refractivity contribution in [2.75, 3.05) is 0 Å². The Kier molecular flexibility index (Phi) is 3.24. The quantitative estimate of drug-likeness (QED) is 0.622. The van der Waals surface area contributed by atoms with Crippen molar-refractivity contribution in [3.63, 3.8) is 0 Å². The normalized spacial score (nSPS) is 15.6. The Bertz CT molecular complexity index is 1010. The van der Waals surface area contributed by atoms with E-state index in [1.807, 2.05) is 0 Å². The molecule has 0 radical (unpaired) electrons. The summed E-state index contributed by atoms with van der Waals surface area (Å²) in [4.78, 5) is -1.06. The maximum atomic E-state index is 13.3. The summed E-state index contributed by atoms with van der Waals surface area (Å²) in [5.74, 6) is -0.790. The van der Waals surface area contributed by atoms with E-state index in [9.17, 15) is 21.2 Å². The van der Waals surface area contributed by atoms with Gasteiger partial charge >= 0.3 is 0 Å². The molecule has 2 aromatic rings. The number of hydrogen-bond donors (Lipinski definition) is 0. The number of halogens is 2. The molecule has 0 aromatic heterocycles. The Morgan fingerprint density at radius 2 is 1.73 bits per heavy atom. The highest BCUT2D eigenvalue weighted by Crippen LogP contribution is 2.44. The molecular weight excluding hydrogens is 355 g/mol. The minimum atomic E-state index is -4.12. The lowest BCUT2D eigenvalue weighted by Gasteiger charge is -2.21. The van der Waals surface area contributed by atoms with Gasteiger partial charge in [0.15, 0.2) is 0 Å². The number of rotatable bonds is 1. The first-order valence-corrected chi connectivity index (χ1v) is 9.72. The Hall–Kier alpha value is -1.64. The van der Waals surface area contributed by atoms with Gasteiger partial charge in [0.2, 0.25) is 9.84 Å². The average molecular weight is 363 g/mol. The molecule has 5 nitrogen and oxygen atoms in total. The van der Waals surface area contributed by atoms with Crippen molar-refractivity contribution in [1.82, 2.24) is 0 Å². The first kappa shape index (κ1) is 15.3. The molecule has 0 saturated heterocycles. The van der Waals surface area contributed by atoms with Crippen LogP contribution in [0.2, 0.25) is 0 Å². The monoisotopic (exact) mass is 362 g/mol. The molecule has 1 heterocycles. The highest BCUT2D eigenvalue weighted by Gasteiger charge is 2.34. The van der Waals surface area contributed by atoms with Gasteiger partial charge in [-0.2, -0.15) is 0 Å². The van der Waals surface area contributed by atoms with Crippen LogP contribution in [-0.4, -0.2) is 16.8 Å². The highest BCUT2D eigenvalue weighted by atomic mass is 35.7. The van der Waals surface area contributed by atoms with Gasteiger partial charge in [-0.05, 0) is 42.8 Å². The SMILES string of the molecule is Cc1cc2c(cc1S(=O)(=O)Cl)S(=O)(=O)c1cc(F)ccc1O2. The molecule has 0 amide bonds. The second-order valence-electron chi connectivity index (χ2n) is 4.70. The second-order valence-corrected chi connectivity index (χ2v) is 9.12. The third-order valence-electron chi connectivity index (χ3n) is 3.21. The van der Waals surface area contributed by atoms with Gasteiger partial charge in [0.1, 0.15) is 27.1 Å². The molecule has 116 valence electrons. The fourth-order valence-electron chi connectivity index (χ4n) is 2.21. The molecule has 9 heteroatoms. The van der Waals surface area contributed by atoms with E-state index in [4.69, 9.17) is 15.4 Å². The lowest BCUT2D eigenvalue weighted by atomic mass is 10.2. The summed E-state index contributed by atoms with van der Waals surface area (Å²) in [6.07, 6.45) is 0. The summed E-state index contributed by atoms with van der Waals surface area (Å²) in [5.41, 5.74) is 0.245. The summed E-state index contributed by atoms with van der Waals surface area (Å²) in [7, 11) is -2.93. The molecule has 2 aromatic carbocycles. The molecule has 0 unspecified atom stereocenters. The van der Waals surface area contributed by atoms with Crippen LogP contribution in [0.4, 0.5) is 4.39 Å².